The van der Waals surface area contributed by atoms with E-state index in [0.29, 0.717) is 0 Å². The summed E-state index contributed by atoms with van der Waals surface area (Å²) in [5, 5.41) is 2.88. The Bertz CT molecular complexity index is 445. The van der Waals surface area contributed by atoms with E-state index in [2.05, 4.69) is 5.32 Å². The molecule has 0 aromatic heterocycles. The van der Waals surface area contributed by atoms with Crippen LogP contribution in [-0.2, 0) is 4.79 Å². The molecule has 1 aromatic rings. The van der Waals surface area contributed by atoms with E-state index in [1.165, 1.54) is 18.9 Å². The fraction of sp³-hybridized carbons (Fsp3) is 0.500. The number of hydrogen-bond acceptors (Lipinski definition) is 2. The molecule has 1 saturated heterocycles. The van der Waals surface area contributed by atoms with Crippen LogP contribution in [0.2, 0.25) is 5.02 Å². The van der Waals surface area contributed by atoms with Crippen molar-refractivity contribution in [3.63, 3.8) is 0 Å². The summed E-state index contributed by atoms with van der Waals surface area (Å²) in [5.74, 6) is -0.492. The third kappa shape index (κ3) is 3.83. The lowest BCUT2D eigenvalue weighted by molar-refractivity contribution is -0.129. The van der Waals surface area contributed by atoms with Crippen LogP contribution in [0.15, 0.2) is 18.2 Å². The van der Waals surface area contributed by atoms with E-state index in [1.54, 1.807) is 12.1 Å². The van der Waals surface area contributed by atoms with Gasteiger partial charge in [-0.25, -0.2) is 4.39 Å². The van der Waals surface area contributed by atoms with Gasteiger partial charge in [0.1, 0.15) is 0 Å². The number of nitrogens with one attached hydrogen (secondary N) is 1. The molecule has 1 heterocycles. The molecule has 3 nitrogen and oxygen atoms in total. The number of carbonyl (C=O) groups excluding carboxylic acids is 1. The number of anilines is 1. The van der Waals surface area contributed by atoms with Gasteiger partial charge >= 0.3 is 0 Å². The maximum atomic E-state index is 13.6. The van der Waals surface area contributed by atoms with E-state index in [9.17, 15) is 9.18 Å². The number of hydrogen-bond donors (Lipinski definition) is 1. The van der Waals surface area contributed by atoms with Crippen LogP contribution in [0.4, 0.5) is 10.1 Å². The Morgan fingerprint density at radius 1 is 1.26 bits per heavy atom. The summed E-state index contributed by atoms with van der Waals surface area (Å²) >= 11 is 5.69. The van der Waals surface area contributed by atoms with Crippen LogP contribution >= 0.6 is 11.6 Å². The van der Waals surface area contributed by atoms with Crippen LogP contribution in [-0.4, -0.2) is 30.4 Å². The van der Waals surface area contributed by atoms with E-state index in [0.717, 1.165) is 25.9 Å². The number of carbonyl (C=O) groups is 1. The van der Waals surface area contributed by atoms with Gasteiger partial charge in [-0.15, -0.1) is 0 Å². The standard InChI is InChI=1S/C14H18ClFN2O/c15-11-6-5-7-12(14(11)16)17-10-13(19)18-8-3-1-2-4-9-18/h5-7,17H,1-4,8-10H2. The molecule has 19 heavy (non-hydrogen) atoms. The minimum atomic E-state index is -0.507. The molecule has 0 aliphatic carbocycles. The molecule has 1 aromatic carbocycles. The first-order chi connectivity index (χ1) is 9.18. The molecule has 1 aliphatic rings. The molecule has 5 heteroatoms. The summed E-state index contributed by atoms with van der Waals surface area (Å²) < 4.78 is 13.6. The highest BCUT2D eigenvalue weighted by Crippen LogP contribution is 2.21. The maximum absolute atomic E-state index is 13.6. The van der Waals surface area contributed by atoms with E-state index >= 15 is 0 Å². The first-order valence-corrected chi connectivity index (χ1v) is 7.02. The van der Waals surface area contributed by atoms with Crippen molar-refractivity contribution >= 4 is 23.2 Å². The zero-order chi connectivity index (χ0) is 13.7. The molecule has 0 unspecified atom stereocenters. The molecule has 2 rings (SSSR count). The summed E-state index contributed by atoms with van der Waals surface area (Å²) in [6.45, 7) is 1.72. The van der Waals surface area contributed by atoms with Gasteiger partial charge in [0, 0.05) is 13.1 Å². The summed E-state index contributed by atoms with van der Waals surface area (Å²) in [6, 6.07) is 4.72. The predicted molar refractivity (Wildman–Crippen MR) is 74.9 cm³/mol. The van der Waals surface area contributed by atoms with Gasteiger partial charge in [0.25, 0.3) is 0 Å². The molecule has 1 N–H and O–H groups in total. The average molecular weight is 285 g/mol. The van der Waals surface area contributed by atoms with Crippen molar-refractivity contribution in [2.24, 2.45) is 0 Å². The zero-order valence-electron chi connectivity index (χ0n) is 10.8. The lowest BCUT2D eigenvalue weighted by atomic mass is 10.2. The molecule has 0 spiro atoms. The van der Waals surface area contributed by atoms with Crippen molar-refractivity contribution in [3.05, 3.63) is 29.0 Å². The monoisotopic (exact) mass is 284 g/mol. The molecular weight excluding hydrogens is 267 g/mol. The van der Waals surface area contributed by atoms with Crippen LogP contribution in [0, 0.1) is 5.82 Å². The highest BCUT2D eigenvalue weighted by Gasteiger charge is 2.15. The third-order valence-electron chi connectivity index (χ3n) is 3.34. The maximum Gasteiger partial charge on any atom is 0.241 e. The van der Waals surface area contributed by atoms with Gasteiger partial charge in [0.2, 0.25) is 5.91 Å². The second kappa shape index (κ2) is 6.75. The van der Waals surface area contributed by atoms with E-state index in [4.69, 9.17) is 11.6 Å². The minimum Gasteiger partial charge on any atom is -0.374 e. The van der Waals surface area contributed by atoms with Crippen LogP contribution in [0.25, 0.3) is 0 Å². The van der Waals surface area contributed by atoms with E-state index in [-0.39, 0.29) is 23.2 Å². The van der Waals surface area contributed by atoms with Crippen LogP contribution < -0.4 is 5.32 Å². The number of benzene rings is 1. The quantitative estimate of drug-likeness (QED) is 0.924. The summed E-state index contributed by atoms with van der Waals surface area (Å²) in [4.78, 5) is 13.9. The predicted octanol–water partition coefficient (Wildman–Crippen LogP) is 3.29. The molecule has 0 bridgehead atoms. The molecular formula is C14H18ClFN2O. The number of halogens is 2. The highest BCUT2D eigenvalue weighted by atomic mass is 35.5. The first-order valence-electron chi connectivity index (χ1n) is 6.64. The molecule has 1 amide bonds. The summed E-state index contributed by atoms with van der Waals surface area (Å²) in [5.41, 5.74) is 0.274. The Hall–Kier alpha value is -1.29. The van der Waals surface area contributed by atoms with Crippen molar-refractivity contribution < 1.29 is 9.18 Å². The highest BCUT2D eigenvalue weighted by molar-refractivity contribution is 6.31. The number of likely N-dealkylation sites (tertiary alicyclic amines) is 1. The Kier molecular flexibility index (Phi) is 5.02. The lowest BCUT2D eigenvalue weighted by Crippen LogP contribution is -2.36. The fourth-order valence-electron chi connectivity index (χ4n) is 2.24. The molecule has 0 saturated carbocycles. The Labute approximate surface area is 117 Å². The first kappa shape index (κ1) is 14.1. The second-order valence-corrected chi connectivity index (χ2v) is 5.16. The van der Waals surface area contributed by atoms with Gasteiger partial charge < -0.3 is 10.2 Å². The minimum absolute atomic E-state index is 0.0151. The molecule has 0 radical (unpaired) electrons. The lowest BCUT2D eigenvalue weighted by Gasteiger charge is -2.20. The average Bonchev–Trinajstić information content (AvgIpc) is 2.69. The molecule has 104 valence electrons. The molecule has 1 aliphatic heterocycles. The van der Waals surface area contributed by atoms with Crippen molar-refractivity contribution in [3.8, 4) is 0 Å². The van der Waals surface area contributed by atoms with Gasteiger partial charge in [0.05, 0.1) is 17.3 Å². The van der Waals surface area contributed by atoms with Crippen LogP contribution in [0.1, 0.15) is 25.7 Å². The fourth-order valence-corrected chi connectivity index (χ4v) is 2.42. The van der Waals surface area contributed by atoms with Gasteiger partial charge in [-0.05, 0) is 25.0 Å². The number of nitrogens with zero attached hydrogens (tertiary/aromatic N) is 1. The Morgan fingerprint density at radius 3 is 2.63 bits per heavy atom. The van der Waals surface area contributed by atoms with Gasteiger partial charge in [-0.3, -0.25) is 4.79 Å². The van der Waals surface area contributed by atoms with Gasteiger partial charge in [-0.2, -0.15) is 0 Å². The van der Waals surface area contributed by atoms with Crippen molar-refractivity contribution in [2.45, 2.75) is 25.7 Å². The SMILES string of the molecule is O=C(CNc1cccc(Cl)c1F)N1CCCCCC1. The van der Waals surface area contributed by atoms with Crippen molar-refractivity contribution in [1.82, 2.24) is 4.90 Å². The topological polar surface area (TPSA) is 32.3 Å². The smallest absolute Gasteiger partial charge is 0.241 e. The molecule has 0 atom stereocenters. The summed E-state index contributed by atoms with van der Waals surface area (Å²) in [7, 11) is 0. The second-order valence-electron chi connectivity index (χ2n) is 4.75. The largest absolute Gasteiger partial charge is 0.374 e. The molecule has 1 fully saturated rings. The zero-order valence-corrected chi connectivity index (χ0v) is 11.5. The van der Waals surface area contributed by atoms with E-state index < -0.39 is 5.82 Å². The Balaban J connectivity index is 1.90. The van der Waals surface area contributed by atoms with E-state index in [1.807, 2.05) is 4.90 Å². The van der Waals surface area contributed by atoms with Crippen LogP contribution in [0.5, 0.6) is 0 Å². The van der Waals surface area contributed by atoms with Gasteiger partial charge in [0.15, 0.2) is 5.82 Å². The normalized spacial score (nSPS) is 16.0. The van der Waals surface area contributed by atoms with Crippen molar-refractivity contribution in [2.75, 3.05) is 25.0 Å². The third-order valence-corrected chi connectivity index (χ3v) is 3.63. The van der Waals surface area contributed by atoms with Gasteiger partial charge in [-0.1, -0.05) is 30.5 Å². The Morgan fingerprint density at radius 2 is 1.95 bits per heavy atom. The number of amides is 1. The van der Waals surface area contributed by atoms with Crippen LogP contribution in [0.3, 0.4) is 0 Å². The van der Waals surface area contributed by atoms with Crippen molar-refractivity contribution in [1.29, 1.82) is 0 Å². The number of rotatable bonds is 3. The summed E-state index contributed by atoms with van der Waals surface area (Å²) in [6.07, 6.45) is 4.47.